The van der Waals surface area contributed by atoms with Gasteiger partial charge in [-0.15, -0.1) is 0 Å². The molecule has 0 spiro atoms. The molecule has 12 heavy (non-hydrogen) atoms. The van der Waals surface area contributed by atoms with Crippen LogP contribution in [-0.2, 0) is 6.61 Å². The maximum Gasteiger partial charge on any atom is 0.0696 e. The van der Waals surface area contributed by atoms with E-state index in [4.69, 9.17) is 5.11 Å². The Morgan fingerprint density at radius 3 is 2.92 bits per heavy atom. The number of fused-ring (bicyclic) bond motifs is 1. The van der Waals surface area contributed by atoms with Gasteiger partial charge in [-0.25, -0.2) is 0 Å². The first-order valence-corrected chi connectivity index (χ1v) is 3.98. The summed E-state index contributed by atoms with van der Waals surface area (Å²) in [6.07, 6.45) is 4.00. The number of pyridine rings is 1. The van der Waals surface area contributed by atoms with E-state index >= 15 is 0 Å². The predicted octanol–water partition coefficient (Wildman–Crippen LogP) is 1.74. The molecule has 0 atom stereocenters. The fourth-order valence-electron chi connectivity index (χ4n) is 1.39. The zero-order valence-electron chi connectivity index (χ0n) is 6.99. The predicted molar refractivity (Wildman–Crippen MR) is 48.1 cm³/mol. The lowest BCUT2D eigenvalue weighted by Crippen LogP contribution is -1.87. The average Bonchev–Trinajstić information content (AvgIpc) is 2.43. The molecule has 1 N–H and O–H groups in total. The highest BCUT2D eigenvalue weighted by Gasteiger charge is 1.95. The molecule has 0 bridgehead atoms. The van der Waals surface area contributed by atoms with Gasteiger partial charge in [0.2, 0.25) is 0 Å². The number of aromatic nitrogens is 1. The first-order valence-electron chi connectivity index (χ1n) is 3.98. The van der Waals surface area contributed by atoms with Crippen LogP contribution in [0.2, 0.25) is 0 Å². The molecule has 0 amide bonds. The quantitative estimate of drug-likeness (QED) is 0.677. The molecule has 0 aliphatic rings. The van der Waals surface area contributed by atoms with E-state index in [0.29, 0.717) is 0 Å². The van der Waals surface area contributed by atoms with Gasteiger partial charge in [0.05, 0.1) is 6.61 Å². The van der Waals surface area contributed by atoms with Gasteiger partial charge in [0.15, 0.2) is 0 Å². The maximum atomic E-state index is 8.89. The van der Waals surface area contributed by atoms with Crippen LogP contribution in [0.25, 0.3) is 5.52 Å². The third-order valence-electron chi connectivity index (χ3n) is 1.97. The summed E-state index contributed by atoms with van der Waals surface area (Å²) in [5, 5.41) is 8.89. The highest BCUT2D eigenvalue weighted by molar-refractivity contribution is 5.50. The van der Waals surface area contributed by atoms with Crippen molar-refractivity contribution in [1.82, 2.24) is 4.40 Å². The number of nitrogens with zero attached hydrogens (tertiary/aromatic N) is 1. The highest BCUT2D eigenvalue weighted by Crippen LogP contribution is 2.10. The number of aryl methyl sites for hydroxylation is 1. The molecule has 0 saturated carbocycles. The fraction of sp³-hybridized carbons (Fsp3) is 0.200. The van der Waals surface area contributed by atoms with Gasteiger partial charge in [0.25, 0.3) is 0 Å². The third kappa shape index (κ3) is 1.10. The molecule has 0 saturated heterocycles. The molecular formula is C10H11NO. The second-order valence-corrected chi connectivity index (χ2v) is 3.05. The van der Waals surface area contributed by atoms with E-state index in [1.165, 1.54) is 11.1 Å². The molecule has 2 heteroatoms. The molecule has 2 heterocycles. The van der Waals surface area contributed by atoms with Gasteiger partial charge >= 0.3 is 0 Å². The molecule has 0 aliphatic heterocycles. The van der Waals surface area contributed by atoms with Crippen molar-refractivity contribution in [1.29, 1.82) is 0 Å². The van der Waals surface area contributed by atoms with Crippen LogP contribution in [0, 0.1) is 6.92 Å². The van der Waals surface area contributed by atoms with Crippen molar-refractivity contribution in [3.63, 3.8) is 0 Å². The summed E-state index contributed by atoms with van der Waals surface area (Å²) in [5.74, 6) is 0. The summed E-state index contributed by atoms with van der Waals surface area (Å²) < 4.78 is 2.03. The van der Waals surface area contributed by atoms with E-state index in [1.54, 1.807) is 0 Å². The summed E-state index contributed by atoms with van der Waals surface area (Å²) in [7, 11) is 0. The van der Waals surface area contributed by atoms with Crippen molar-refractivity contribution in [3.05, 3.63) is 41.7 Å². The van der Waals surface area contributed by atoms with Gasteiger partial charge in [0.1, 0.15) is 0 Å². The highest BCUT2D eigenvalue weighted by atomic mass is 16.3. The Labute approximate surface area is 71.1 Å². The van der Waals surface area contributed by atoms with Crippen molar-refractivity contribution >= 4 is 5.52 Å². The second-order valence-electron chi connectivity index (χ2n) is 3.05. The Morgan fingerprint density at radius 2 is 2.17 bits per heavy atom. The maximum absolute atomic E-state index is 8.89. The van der Waals surface area contributed by atoms with E-state index in [2.05, 4.69) is 19.2 Å². The fourth-order valence-corrected chi connectivity index (χ4v) is 1.39. The lowest BCUT2D eigenvalue weighted by atomic mass is 10.3. The Hall–Kier alpha value is -1.28. The van der Waals surface area contributed by atoms with Crippen LogP contribution in [0.4, 0.5) is 0 Å². The van der Waals surface area contributed by atoms with Gasteiger partial charge in [0, 0.05) is 17.9 Å². The van der Waals surface area contributed by atoms with Crippen molar-refractivity contribution in [2.45, 2.75) is 13.5 Å². The summed E-state index contributed by atoms with van der Waals surface area (Å²) >= 11 is 0. The SMILES string of the molecule is Cc1cc2ccc(CO)cn2c1. The topological polar surface area (TPSA) is 24.6 Å². The van der Waals surface area contributed by atoms with E-state index in [0.717, 1.165) is 5.56 Å². The molecule has 2 aromatic rings. The number of hydrogen-bond acceptors (Lipinski definition) is 1. The molecule has 0 radical (unpaired) electrons. The van der Waals surface area contributed by atoms with E-state index in [-0.39, 0.29) is 6.61 Å². The van der Waals surface area contributed by atoms with Gasteiger partial charge in [-0.3, -0.25) is 0 Å². The van der Waals surface area contributed by atoms with Crippen LogP contribution in [0.5, 0.6) is 0 Å². The molecule has 0 aromatic carbocycles. The minimum Gasteiger partial charge on any atom is -0.392 e. The van der Waals surface area contributed by atoms with Crippen LogP contribution in [0.15, 0.2) is 30.6 Å². The minimum atomic E-state index is 0.104. The molecule has 2 rings (SSSR count). The van der Waals surface area contributed by atoms with Crippen LogP contribution in [0.3, 0.4) is 0 Å². The van der Waals surface area contributed by atoms with E-state index < -0.39 is 0 Å². The average molecular weight is 161 g/mol. The van der Waals surface area contributed by atoms with E-state index in [1.807, 2.05) is 22.7 Å². The molecule has 0 aliphatic carbocycles. The lowest BCUT2D eigenvalue weighted by molar-refractivity contribution is 0.281. The molecule has 0 unspecified atom stereocenters. The minimum absolute atomic E-state index is 0.104. The second kappa shape index (κ2) is 2.64. The van der Waals surface area contributed by atoms with Gasteiger partial charge in [-0.2, -0.15) is 0 Å². The third-order valence-corrected chi connectivity index (χ3v) is 1.97. The Morgan fingerprint density at radius 1 is 1.33 bits per heavy atom. The van der Waals surface area contributed by atoms with Crippen molar-refractivity contribution in [2.24, 2.45) is 0 Å². The molecular weight excluding hydrogens is 150 g/mol. The molecule has 0 fully saturated rings. The normalized spacial score (nSPS) is 10.8. The Balaban J connectivity index is 2.66. The molecule has 2 nitrogen and oxygen atoms in total. The Bertz CT molecular complexity index is 403. The summed E-state index contributed by atoms with van der Waals surface area (Å²) in [6.45, 7) is 2.17. The van der Waals surface area contributed by atoms with Gasteiger partial charge < -0.3 is 9.51 Å². The monoisotopic (exact) mass is 161 g/mol. The molecule has 2 aromatic heterocycles. The van der Waals surface area contributed by atoms with Crippen LogP contribution < -0.4 is 0 Å². The summed E-state index contributed by atoms with van der Waals surface area (Å²) in [6, 6.07) is 6.06. The van der Waals surface area contributed by atoms with Gasteiger partial charge in [-0.1, -0.05) is 6.07 Å². The zero-order chi connectivity index (χ0) is 8.55. The van der Waals surface area contributed by atoms with Gasteiger partial charge in [-0.05, 0) is 30.2 Å². The summed E-state index contributed by atoms with van der Waals surface area (Å²) in [4.78, 5) is 0. The van der Waals surface area contributed by atoms with Crippen LogP contribution in [0.1, 0.15) is 11.1 Å². The lowest BCUT2D eigenvalue weighted by Gasteiger charge is -1.97. The van der Waals surface area contributed by atoms with Crippen molar-refractivity contribution in [3.8, 4) is 0 Å². The summed E-state index contributed by atoms with van der Waals surface area (Å²) in [5.41, 5.74) is 3.35. The number of aliphatic hydroxyl groups is 1. The Kier molecular flexibility index (Phi) is 1.62. The largest absolute Gasteiger partial charge is 0.392 e. The van der Waals surface area contributed by atoms with Crippen LogP contribution >= 0.6 is 0 Å². The smallest absolute Gasteiger partial charge is 0.0696 e. The molecule has 62 valence electrons. The van der Waals surface area contributed by atoms with Crippen molar-refractivity contribution in [2.75, 3.05) is 0 Å². The number of rotatable bonds is 1. The van der Waals surface area contributed by atoms with Crippen LogP contribution in [-0.4, -0.2) is 9.51 Å². The first kappa shape index (κ1) is 7.37. The van der Waals surface area contributed by atoms with E-state index in [9.17, 15) is 0 Å². The first-order chi connectivity index (χ1) is 5.79. The number of hydrogen-bond donors (Lipinski definition) is 1. The van der Waals surface area contributed by atoms with Crippen molar-refractivity contribution < 1.29 is 5.11 Å². The standard InChI is InChI=1S/C10H11NO/c1-8-4-10-3-2-9(7-12)6-11(10)5-8/h2-6,12H,7H2,1H3. The zero-order valence-corrected chi connectivity index (χ0v) is 6.99. The number of aliphatic hydroxyl groups excluding tert-OH is 1.